The normalized spacial score (nSPS) is 10.5. The maximum Gasteiger partial charge on any atom is 0.280 e. The number of hydrogen-bond acceptors (Lipinski definition) is 4. The van der Waals surface area contributed by atoms with E-state index in [0.717, 1.165) is 4.47 Å². The molecule has 1 rings (SSSR count). The Labute approximate surface area is 94.7 Å². The third kappa shape index (κ3) is 3.07. The lowest BCUT2D eigenvalue weighted by Crippen LogP contribution is -2.22. The van der Waals surface area contributed by atoms with Gasteiger partial charge in [0.1, 0.15) is 6.07 Å². The average molecular weight is 267 g/mol. The van der Waals surface area contributed by atoms with E-state index in [2.05, 4.69) is 26.5 Å². The Kier molecular flexibility index (Phi) is 3.83. The molecule has 0 radical (unpaired) electrons. The van der Waals surface area contributed by atoms with Crippen molar-refractivity contribution < 1.29 is 4.79 Å². The summed E-state index contributed by atoms with van der Waals surface area (Å²) in [5.74, 6) is -0.864. The van der Waals surface area contributed by atoms with Gasteiger partial charge in [-0.1, -0.05) is 12.1 Å². The lowest BCUT2D eigenvalue weighted by molar-refractivity contribution is -0.111. The Morgan fingerprint density at radius 1 is 1.53 bits per heavy atom. The van der Waals surface area contributed by atoms with E-state index in [1.807, 2.05) is 6.07 Å². The van der Waals surface area contributed by atoms with E-state index in [9.17, 15) is 4.79 Å². The van der Waals surface area contributed by atoms with Crippen molar-refractivity contribution in [2.75, 3.05) is 5.43 Å². The molecular weight excluding hydrogens is 260 g/mol. The van der Waals surface area contributed by atoms with Gasteiger partial charge >= 0.3 is 0 Å². The molecule has 0 aliphatic heterocycles. The average Bonchev–Trinajstić information content (AvgIpc) is 2.21. The summed E-state index contributed by atoms with van der Waals surface area (Å²) >= 11 is 3.27. The fourth-order valence-electron chi connectivity index (χ4n) is 0.803. The van der Waals surface area contributed by atoms with Crippen LogP contribution < -0.4 is 11.2 Å². The van der Waals surface area contributed by atoms with Gasteiger partial charge in [0.15, 0.2) is 0 Å². The monoisotopic (exact) mass is 266 g/mol. The molecule has 76 valence electrons. The first-order valence-electron chi connectivity index (χ1n) is 3.93. The molecule has 1 amide bonds. The highest BCUT2D eigenvalue weighted by Crippen LogP contribution is 2.20. The number of hydrogen-bond donors (Lipinski definition) is 2. The van der Waals surface area contributed by atoms with Crippen LogP contribution in [-0.4, -0.2) is 11.6 Å². The Balaban J connectivity index is 2.85. The van der Waals surface area contributed by atoms with Gasteiger partial charge in [-0.15, -0.1) is 0 Å². The van der Waals surface area contributed by atoms with Crippen LogP contribution in [0.1, 0.15) is 0 Å². The van der Waals surface area contributed by atoms with Crippen LogP contribution in [0.3, 0.4) is 0 Å². The zero-order valence-corrected chi connectivity index (χ0v) is 9.15. The molecule has 0 aliphatic rings. The van der Waals surface area contributed by atoms with Crippen LogP contribution in [0.15, 0.2) is 33.8 Å². The molecule has 0 fully saturated rings. The highest BCUT2D eigenvalue weighted by atomic mass is 79.9. The van der Waals surface area contributed by atoms with Gasteiger partial charge in [0.2, 0.25) is 5.71 Å². The summed E-state index contributed by atoms with van der Waals surface area (Å²) in [4.78, 5) is 10.7. The van der Waals surface area contributed by atoms with E-state index >= 15 is 0 Å². The third-order valence-electron chi connectivity index (χ3n) is 1.50. The summed E-state index contributed by atoms with van der Waals surface area (Å²) in [6.07, 6.45) is 0. The number of nitrogens with two attached hydrogens (primary N) is 1. The molecule has 0 aromatic heterocycles. The first-order chi connectivity index (χ1) is 7.15. The van der Waals surface area contributed by atoms with Gasteiger partial charge in [-0.3, -0.25) is 10.2 Å². The van der Waals surface area contributed by atoms with Crippen molar-refractivity contribution >= 4 is 33.2 Å². The van der Waals surface area contributed by atoms with Gasteiger partial charge in [-0.2, -0.15) is 10.4 Å². The third-order valence-corrected chi connectivity index (χ3v) is 2.19. The van der Waals surface area contributed by atoms with Crippen LogP contribution in [0.2, 0.25) is 0 Å². The zero-order valence-electron chi connectivity index (χ0n) is 7.57. The molecule has 0 atom stereocenters. The Hall–Kier alpha value is -1.87. The molecule has 15 heavy (non-hydrogen) atoms. The predicted octanol–water partition coefficient (Wildman–Crippen LogP) is 1.23. The fourth-order valence-corrected chi connectivity index (χ4v) is 1.18. The number of carbonyl (C=O) groups excluding carboxylic acids is 1. The summed E-state index contributed by atoms with van der Waals surface area (Å²) < 4.78 is 0.774. The number of para-hydroxylation sites is 1. The molecule has 0 saturated heterocycles. The van der Waals surface area contributed by atoms with E-state index in [1.165, 1.54) is 0 Å². The number of carbonyl (C=O) groups is 1. The quantitative estimate of drug-likeness (QED) is 0.637. The predicted molar refractivity (Wildman–Crippen MR) is 60.0 cm³/mol. The van der Waals surface area contributed by atoms with Crippen molar-refractivity contribution in [1.82, 2.24) is 0 Å². The highest BCUT2D eigenvalue weighted by Gasteiger charge is 2.05. The summed E-state index contributed by atoms with van der Waals surface area (Å²) in [5, 5.41) is 12.1. The number of nitrogens with zero attached hydrogens (tertiary/aromatic N) is 2. The number of benzene rings is 1. The number of nitrogens with one attached hydrogen (secondary N) is 1. The van der Waals surface area contributed by atoms with Crippen LogP contribution in [0, 0.1) is 11.3 Å². The van der Waals surface area contributed by atoms with Gasteiger partial charge in [-0.05, 0) is 28.1 Å². The van der Waals surface area contributed by atoms with E-state index in [1.54, 1.807) is 24.3 Å². The minimum absolute atomic E-state index is 0.370. The van der Waals surface area contributed by atoms with Gasteiger partial charge in [0.05, 0.1) is 5.69 Å². The molecular formula is C9H7BrN4O. The zero-order chi connectivity index (χ0) is 11.3. The Bertz CT molecular complexity index is 450. The number of hydrazone groups is 1. The topological polar surface area (TPSA) is 91.3 Å². The van der Waals surface area contributed by atoms with Crippen LogP contribution >= 0.6 is 15.9 Å². The van der Waals surface area contributed by atoms with E-state index < -0.39 is 5.91 Å². The molecule has 5 nitrogen and oxygen atoms in total. The van der Waals surface area contributed by atoms with E-state index in [0.29, 0.717) is 5.69 Å². The Morgan fingerprint density at radius 2 is 2.20 bits per heavy atom. The summed E-state index contributed by atoms with van der Waals surface area (Å²) in [6.45, 7) is 0. The lowest BCUT2D eigenvalue weighted by atomic mass is 10.3. The molecule has 0 bridgehead atoms. The fraction of sp³-hybridized carbons (Fsp3) is 0. The van der Waals surface area contributed by atoms with E-state index in [-0.39, 0.29) is 5.71 Å². The molecule has 6 heteroatoms. The smallest absolute Gasteiger partial charge is 0.280 e. The number of anilines is 1. The molecule has 1 aromatic rings. The van der Waals surface area contributed by atoms with Crippen LogP contribution in [0.25, 0.3) is 0 Å². The van der Waals surface area contributed by atoms with E-state index in [4.69, 9.17) is 11.0 Å². The van der Waals surface area contributed by atoms with Crippen molar-refractivity contribution in [1.29, 1.82) is 5.26 Å². The number of rotatable bonds is 3. The van der Waals surface area contributed by atoms with Crippen molar-refractivity contribution in [2.45, 2.75) is 0 Å². The minimum atomic E-state index is -0.864. The second kappa shape index (κ2) is 5.12. The van der Waals surface area contributed by atoms with Gasteiger partial charge in [0, 0.05) is 4.47 Å². The molecule has 0 spiro atoms. The van der Waals surface area contributed by atoms with Crippen LogP contribution in [0.5, 0.6) is 0 Å². The molecule has 0 saturated carbocycles. The van der Waals surface area contributed by atoms with Crippen molar-refractivity contribution in [2.24, 2.45) is 10.8 Å². The lowest BCUT2D eigenvalue weighted by Gasteiger charge is -2.02. The van der Waals surface area contributed by atoms with Gasteiger partial charge < -0.3 is 5.73 Å². The number of primary amides is 1. The summed E-state index contributed by atoms with van der Waals surface area (Å²) in [6, 6.07) is 8.75. The van der Waals surface area contributed by atoms with Crippen molar-refractivity contribution in [3.8, 4) is 6.07 Å². The molecule has 0 aliphatic carbocycles. The molecule has 1 aromatic carbocycles. The van der Waals surface area contributed by atoms with Crippen molar-refractivity contribution in [3.63, 3.8) is 0 Å². The number of amides is 1. The van der Waals surface area contributed by atoms with Crippen LogP contribution in [-0.2, 0) is 4.79 Å². The Morgan fingerprint density at radius 3 is 2.73 bits per heavy atom. The van der Waals surface area contributed by atoms with Gasteiger partial charge in [-0.25, -0.2) is 0 Å². The second-order valence-corrected chi connectivity index (χ2v) is 3.38. The first-order valence-corrected chi connectivity index (χ1v) is 4.72. The molecule has 0 heterocycles. The minimum Gasteiger partial charge on any atom is -0.364 e. The second-order valence-electron chi connectivity index (χ2n) is 2.53. The number of nitriles is 1. The number of halogens is 1. The molecule has 0 unspecified atom stereocenters. The SMILES string of the molecule is N#CC(=NNc1ccccc1Br)C(N)=O. The standard InChI is InChI=1S/C9H7BrN4O/c10-6-3-1-2-4-7(6)13-14-8(5-11)9(12)15/h1-4,13H,(H2,12,15). The maximum absolute atomic E-state index is 10.7. The van der Waals surface area contributed by atoms with Crippen molar-refractivity contribution in [3.05, 3.63) is 28.7 Å². The van der Waals surface area contributed by atoms with Gasteiger partial charge in [0.25, 0.3) is 5.91 Å². The molecule has 3 N–H and O–H groups in total. The highest BCUT2D eigenvalue weighted by molar-refractivity contribution is 9.10. The largest absolute Gasteiger partial charge is 0.364 e. The summed E-state index contributed by atoms with van der Waals surface area (Å²) in [7, 11) is 0. The first kappa shape index (κ1) is 11.2. The summed E-state index contributed by atoms with van der Waals surface area (Å²) in [5.41, 5.74) is 7.74. The van der Waals surface area contributed by atoms with Crippen LogP contribution in [0.4, 0.5) is 5.69 Å². The maximum atomic E-state index is 10.7.